The summed E-state index contributed by atoms with van der Waals surface area (Å²) in [6, 6.07) is 0. The Labute approximate surface area is 82.0 Å². The van der Waals surface area contributed by atoms with E-state index in [0.29, 0.717) is 0 Å². The van der Waals surface area contributed by atoms with Crippen molar-refractivity contribution >= 4 is 5.78 Å². The first kappa shape index (κ1) is 13.5. The minimum absolute atomic E-state index is 0.0629. The predicted molar refractivity (Wildman–Crippen MR) is 48.4 cm³/mol. The number of carbonyl (C=O) groups excluding carboxylic acids is 1. The molecule has 0 spiro atoms. The van der Waals surface area contributed by atoms with Crippen molar-refractivity contribution in [1.82, 2.24) is 0 Å². The number of carbonyl (C=O) groups is 1. The fraction of sp³-hybridized carbons (Fsp3) is 0.875. The number of Topliss-reactive ketones (excluding diaryl/α,β-unsaturated/α-hetero) is 1. The van der Waals surface area contributed by atoms with Crippen molar-refractivity contribution in [3.05, 3.63) is 0 Å². The molecule has 0 aliphatic carbocycles. The summed E-state index contributed by atoms with van der Waals surface area (Å²) in [5.74, 6) is -0.653. The highest BCUT2D eigenvalue weighted by atomic mass is 16.4. The molecule has 0 aromatic heterocycles. The molecule has 0 radical (unpaired) electrons. The predicted octanol–water partition coefficient (Wildman–Crippen LogP) is -2.63. The second kappa shape index (κ2) is 6.05. The maximum absolute atomic E-state index is 11.0. The summed E-state index contributed by atoms with van der Waals surface area (Å²) in [5.41, 5.74) is 5.08. The van der Waals surface area contributed by atoms with Crippen LogP contribution in [0.3, 0.4) is 0 Å². The Balaban J connectivity index is 4.23. The molecule has 0 saturated carbocycles. The van der Waals surface area contributed by atoms with Crippen molar-refractivity contribution in [1.29, 1.82) is 0 Å². The van der Waals surface area contributed by atoms with Crippen molar-refractivity contribution in [3.63, 3.8) is 0 Å². The van der Waals surface area contributed by atoms with Gasteiger partial charge in [0.2, 0.25) is 0 Å². The summed E-state index contributed by atoms with van der Waals surface area (Å²) in [5, 5.41) is 36.5. The third-order valence-electron chi connectivity index (χ3n) is 1.89. The van der Waals surface area contributed by atoms with Crippen LogP contribution in [-0.4, -0.2) is 57.2 Å². The number of hydrogen-bond acceptors (Lipinski definition) is 6. The third kappa shape index (κ3) is 3.69. The van der Waals surface area contributed by atoms with Crippen molar-refractivity contribution in [2.45, 2.75) is 37.8 Å². The first-order chi connectivity index (χ1) is 6.41. The zero-order valence-corrected chi connectivity index (χ0v) is 8.00. The highest BCUT2D eigenvalue weighted by molar-refractivity contribution is 5.83. The van der Waals surface area contributed by atoms with Gasteiger partial charge < -0.3 is 26.2 Å². The molecule has 0 heterocycles. The van der Waals surface area contributed by atoms with Gasteiger partial charge >= 0.3 is 0 Å². The van der Waals surface area contributed by atoms with E-state index in [-0.39, 0.29) is 13.0 Å². The summed E-state index contributed by atoms with van der Waals surface area (Å²) in [4.78, 5) is 11.0. The van der Waals surface area contributed by atoms with Crippen LogP contribution in [0.25, 0.3) is 0 Å². The topological polar surface area (TPSA) is 124 Å². The monoisotopic (exact) mass is 207 g/mol. The van der Waals surface area contributed by atoms with Gasteiger partial charge in [0.1, 0.15) is 18.3 Å². The SMILES string of the molecule is C[C@H](O)[C@@H](O)[C@@H](O)[C@H](O)C(=O)CCN. The van der Waals surface area contributed by atoms with E-state index in [0.717, 1.165) is 0 Å². The Morgan fingerprint density at radius 3 is 2.07 bits per heavy atom. The maximum atomic E-state index is 11.0. The largest absolute Gasteiger partial charge is 0.391 e. The van der Waals surface area contributed by atoms with Crippen molar-refractivity contribution in [2.75, 3.05) is 6.54 Å². The zero-order chi connectivity index (χ0) is 11.3. The van der Waals surface area contributed by atoms with E-state index in [1.807, 2.05) is 0 Å². The van der Waals surface area contributed by atoms with E-state index in [1.54, 1.807) is 0 Å². The quantitative estimate of drug-likeness (QED) is 0.324. The van der Waals surface area contributed by atoms with Gasteiger partial charge in [-0.2, -0.15) is 0 Å². The Kier molecular flexibility index (Phi) is 5.82. The lowest BCUT2D eigenvalue weighted by atomic mass is 9.99. The third-order valence-corrected chi connectivity index (χ3v) is 1.89. The van der Waals surface area contributed by atoms with Gasteiger partial charge in [0.15, 0.2) is 5.78 Å². The molecule has 0 rings (SSSR count). The maximum Gasteiger partial charge on any atom is 0.165 e. The number of aliphatic hydroxyl groups excluding tert-OH is 4. The Morgan fingerprint density at radius 2 is 1.71 bits per heavy atom. The minimum Gasteiger partial charge on any atom is -0.391 e. The number of ketones is 1. The van der Waals surface area contributed by atoms with Crippen LogP contribution in [0.15, 0.2) is 0 Å². The van der Waals surface area contributed by atoms with Crippen LogP contribution in [-0.2, 0) is 4.79 Å². The summed E-state index contributed by atoms with van der Waals surface area (Å²) in [6.45, 7) is 1.31. The molecule has 6 heteroatoms. The number of hydrogen-bond donors (Lipinski definition) is 5. The van der Waals surface area contributed by atoms with E-state index < -0.39 is 30.2 Å². The summed E-state index contributed by atoms with van der Waals surface area (Å²) >= 11 is 0. The molecule has 6 N–H and O–H groups in total. The van der Waals surface area contributed by atoms with Crippen molar-refractivity contribution < 1.29 is 25.2 Å². The molecule has 0 aromatic carbocycles. The summed E-state index contributed by atoms with van der Waals surface area (Å²) in [7, 11) is 0. The van der Waals surface area contributed by atoms with Crippen LogP contribution in [0.1, 0.15) is 13.3 Å². The highest BCUT2D eigenvalue weighted by Crippen LogP contribution is 2.06. The van der Waals surface area contributed by atoms with Gasteiger partial charge in [-0.3, -0.25) is 4.79 Å². The van der Waals surface area contributed by atoms with E-state index in [9.17, 15) is 15.0 Å². The smallest absolute Gasteiger partial charge is 0.165 e. The van der Waals surface area contributed by atoms with Crippen LogP contribution in [0, 0.1) is 0 Å². The van der Waals surface area contributed by atoms with Crippen LogP contribution in [0.2, 0.25) is 0 Å². The number of aliphatic hydroxyl groups is 4. The first-order valence-corrected chi connectivity index (χ1v) is 4.36. The standard InChI is InChI=1S/C8H17NO5/c1-4(10)6(12)8(14)7(13)5(11)2-3-9/h4,6-8,10,12-14H,2-3,9H2,1H3/t4-,6+,7+,8+/m0/s1. The molecule has 0 unspecified atom stereocenters. The van der Waals surface area contributed by atoms with Gasteiger partial charge in [-0.1, -0.05) is 0 Å². The average molecular weight is 207 g/mol. The molecule has 0 aromatic rings. The number of nitrogens with two attached hydrogens (primary N) is 1. The lowest BCUT2D eigenvalue weighted by Gasteiger charge is -2.23. The lowest BCUT2D eigenvalue weighted by Crippen LogP contribution is -2.47. The van der Waals surface area contributed by atoms with Crippen LogP contribution in [0.4, 0.5) is 0 Å². The molecule has 14 heavy (non-hydrogen) atoms. The number of rotatable bonds is 6. The molecule has 84 valence electrons. The minimum atomic E-state index is -1.71. The normalized spacial score (nSPS) is 19.9. The van der Waals surface area contributed by atoms with E-state index in [1.165, 1.54) is 6.92 Å². The van der Waals surface area contributed by atoms with Crippen LogP contribution >= 0.6 is 0 Å². The van der Waals surface area contributed by atoms with Gasteiger partial charge in [-0.15, -0.1) is 0 Å². The molecule has 0 aliphatic heterocycles. The van der Waals surface area contributed by atoms with Crippen molar-refractivity contribution in [3.8, 4) is 0 Å². The molecule has 0 aliphatic rings. The first-order valence-electron chi connectivity index (χ1n) is 4.36. The van der Waals surface area contributed by atoms with E-state index in [2.05, 4.69) is 0 Å². The average Bonchev–Trinajstić information content (AvgIpc) is 2.14. The molecule has 4 atom stereocenters. The summed E-state index contributed by atoms with van der Waals surface area (Å²) < 4.78 is 0. The molecular weight excluding hydrogens is 190 g/mol. The highest BCUT2D eigenvalue weighted by Gasteiger charge is 2.31. The van der Waals surface area contributed by atoms with Crippen LogP contribution in [0.5, 0.6) is 0 Å². The Bertz CT molecular complexity index is 185. The second-order valence-corrected chi connectivity index (χ2v) is 3.17. The fourth-order valence-corrected chi connectivity index (χ4v) is 0.953. The van der Waals surface area contributed by atoms with Crippen molar-refractivity contribution in [2.24, 2.45) is 5.73 Å². The summed E-state index contributed by atoms with van der Waals surface area (Å²) in [6.07, 6.45) is -6.24. The van der Waals surface area contributed by atoms with E-state index >= 15 is 0 Å². The molecular formula is C8H17NO5. The second-order valence-electron chi connectivity index (χ2n) is 3.17. The molecule has 0 bridgehead atoms. The van der Waals surface area contributed by atoms with Gasteiger partial charge in [0.05, 0.1) is 6.10 Å². The van der Waals surface area contributed by atoms with Crippen LogP contribution < -0.4 is 5.73 Å². The van der Waals surface area contributed by atoms with Gasteiger partial charge in [-0.25, -0.2) is 0 Å². The Morgan fingerprint density at radius 1 is 1.21 bits per heavy atom. The van der Waals surface area contributed by atoms with E-state index in [4.69, 9.17) is 15.9 Å². The molecule has 6 nitrogen and oxygen atoms in total. The lowest BCUT2D eigenvalue weighted by molar-refractivity contribution is -0.143. The van der Waals surface area contributed by atoms with Gasteiger partial charge in [0, 0.05) is 6.42 Å². The van der Waals surface area contributed by atoms with Gasteiger partial charge in [0.25, 0.3) is 0 Å². The molecule has 0 saturated heterocycles. The molecule has 0 amide bonds. The molecule has 0 fully saturated rings. The fourth-order valence-electron chi connectivity index (χ4n) is 0.953. The zero-order valence-electron chi connectivity index (χ0n) is 8.00. The Hall–Kier alpha value is -0.530. The van der Waals surface area contributed by atoms with Gasteiger partial charge in [-0.05, 0) is 13.5 Å².